The first-order valence-electron chi connectivity index (χ1n) is 14.8. The summed E-state index contributed by atoms with van der Waals surface area (Å²) in [6, 6.07) is 5.78. The van der Waals surface area contributed by atoms with Gasteiger partial charge in [-0.1, -0.05) is 30.7 Å². The molecular weight excluding hydrogens is 577 g/mol. The summed E-state index contributed by atoms with van der Waals surface area (Å²) in [4.78, 5) is 54.0. The maximum absolute atomic E-state index is 17.5. The Morgan fingerprint density at radius 3 is 2.55 bits per heavy atom. The lowest BCUT2D eigenvalue weighted by Gasteiger charge is -2.62. The van der Waals surface area contributed by atoms with Crippen molar-refractivity contribution in [2.45, 2.75) is 89.2 Å². The number of benzene rings is 1. The molecule has 0 amide bonds. The summed E-state index contributed by atoms with van der Waals surface area (Å²) in [6.07, 6.45) is 3.26. The number of ketones is 2. The Labute approximate surface area is 253 Å². The molecule has 236 valence electrons. The van der Waals surface area contributed by atoms with Crippen LogP contribution in [0.3, 0.4) is 0 Å². The second-order valence-electron chi connectivity index (χ2n) is 13.5. The van der Waals surface area contributed by atoms with E-state index in [2.05, 4.69) is 4.84 Å². The molecule has 11 nitrogen and oxygen atoms in total. The number of nitrogens with zero attached hydrogens (tertiary/aromatic N) is 1. The van der Waals surface area contributed by atoms with Gasteiger partial charge in [0.15, 0.2) is 29.4 Å². The topological polar surface area (TPSA) is 152 Å². The monoisotopic (exact) mass is 613 g/mol. The highest BCUT2D eigenvalue weighted by Crippen LogP contribution is 2.72. The number of aliphatic hydroxyl groups excluding tert-OH is 1. The minimum Gasteiger partial charge on any atom is -0.454 e. The van der Waals surface area contributed by atoms with Crippen LogP contribution in [0.4, 0.5) is 4.39 Å². The number of aliphatic hydroxyl groups is 1. The van der Waals surface area contributed by atoms with Crippen molar-refractivity contribution >= 4 is 17.5 Å². The van der Waals surface area contributed by atoms with E-state index in [0.717, 1.165) is 0 Å². The van der Waals surface area contributed by atoms with E-state index < -0.39 is 75.4 Å². The Morgan fingerprint density at radius 1 is 1.16 bits per heavy atom. The van der Waals surface area contributed by atoms with Gasteiger partial charge in [-0.2, -0.15) is 0 Å². The molecule has 4 aliphatic carbocycles. The first-order chi connectivity index (χ1) is 20.6. The quantitative estimate of drug-likeness (QED) is 0.272. The number of Topliss-reactive ketones (excluding diaryl/α,β-unsaturated/α-hetero) is 1. The highest BCUT2D eigenvalue weighted by Gasteiger charge is 2.80. The van der Waals surface area contributed by atoms with Gasteiger partial charge in [-0.25, -0.2) is 9.18 Å². The largest absolute Gasteiger partial charge is 0.454 e. The maximum Gasteiger partial charge on any atom is 0.338 e. The van der Waals surface area contributed by atoms with Gasteiger partial charge in [0, 0.05) is 16.7 Å². The summed E-state index contributed by atoms with van der Waals surface area (Å²) in [6.45, 7) is 6.03. The van der Waals surface area contributed by atoms with Crippen LogP contribution in [0.25, 0.3) is 0 Å². The van der Waals surface area contributed by atoms with Crippen LogP contribution in [-0.2, 0) is 35.2 Å². The molecule has 1 aliphatic heterocycles. The molecule has 12 heteroatoms. The van der Waals surface area contributed by atoms with E-state index in [9.17, 15) is 29.6 Å². The third-order valence-electron chi connectivity index (χ3n) is 10.9. The molecule has 6 rings (SSSR count). The molecule has 3 saturated carbocycles. The Morgan fingerprint density at radius 2 is 1.86 bits per heavy atom. The molecule has 0 aromatic heterocycles. The number of fused-ring (bicyclic) bond motifs is 7. The van der Waals surface area contributed by atoms with Crippen molar-refractivity contribution in [1.82, 2.24) is 0 Å². The fourth-order valence-electron chi connectivity index (χ4n) is 8.99. The van der Waals surface area contributed by atoms with E-state index in [1.54, 1.807) is 26.8 Å². The molecule has 1 aromatic rings. The average molecular weight is 614 g/mol. The summed E-state index contributed by atoms with van der Waals surface area (Å²) >= 11 is 0. The van der Waals surface area contributed by atoms with Gasteiger partial charge in [-0.05, 0) is 82.2 Å². The van der Waals surface area contributed by atoms with Gasteiger partial charge in [-0.3, -0.25) is 9.59 Å². The van der Waals surface area contributed by atoms with Gasteiger partial charge < -0.3 is 24.2 Å². The molecule has 1 aromatic carbocycles. The number of halogens is 1. The maximum atomic E-state index is 17.5. The molecule has 4 fully saturated rings. The van der Waals surface area contributed by atoms with Crippen LogP contribution in [-0.4, -0.2) is 63.6 Å². The molecule has 44 heavy (non-hydrogen) atoms. The van der Waals surface area contributed by atoms with Crippen LogP contribution in [0.5, 0.6) is 0 Å². The van der Waals surface area contributed by atoms with Crippen molar-refractivity contribution < 1.29 is 48.0 Å². The van der Waals surface area contributed by atoms with E-state index in [0.29, 0.717) is 30.4 Å². The molecule has 0 bridgehead atoms. The van der Waals surface area contributed by atoms with Crippen LogP contribution in [0.2, 0.25) is 0 Å². The third kappa shape index (κ3) is 4.21. The second kappa shape index (κ2) is 10.0. The van der Waals surface area contributed by atoms with Gasteiger partial charge in [0.05, 0.1) is 17.8 Å². The average Bonchev–Trinajstić information content (AvgIpc) is 3.37. The lowest BCUT2D eigenvalue weighted by atomic mass is 9.44. The fourth-order valence-corrected chi connectivity index (χ4v) is 8.99. The summed E-state index contributed by atoms with van der Waals surface area (Å²) in [5, 5.41) is 21.2. The number of hydrogen-bond donors (Lipinski definition) is 1. The van der Waals surface area contributed by atoms with Gasteiger partial charge in [0.2, 0.25) is 5.78 Å². The summed E-state index contributed by atoms with van der Waals surface area (Å²) in [5.74, 6) is -3.73. The lowest BCUT2D eigenvalue weighted by Crippen LogP contribution is -2.70. The van der Waals surface area contributed by atoms with Crippen LogP contribution in [0.15, 0.2) is 48.1 Å². The Balaban J connectivity index is 1.27. The zero-order valence-electron chi connectivity index (χ0n) is 25.0. The number of esters is 1. The van der Waals surface area contributed by atoms with Gasteiger partial charge in [-0.15, -0.1) is 10.1 Å². The van der Waals surface area contributed by atoms with E-state index in [-0.39, 0.29) is 24.4 Å². The smallest absolute Gasteiger partial charge is 0.338 e. The van der Waals surface area contributed by atoms with E-state index in [1.807, 2.05) is 6.92 Å². The normalized spacial score (nSPS) is 39.8. The predicted molar refractivity (Wildman–Crippen MR) is 150 cm³/mol. The fraction of sp³-hybridized carbons (Fsp3) is 0.594. The number of carbonyl (C=O) groups is 3. The van der Waals surface area contributed by atoms with Crippen molar-refractivity contribution in [3.63, 3.8) is 0 Å². The Kier molecular flexibility index (Phi) is 6.95. The van der Waals surface area contributed by atoms with Gasteiger partial charge in [0.25, 0.3) is 5.09 Å². The first kappa shape index (κ1) is 30.5. The van der Waals surface area contributed by atoms with Crippen LogP contribution in [0, 0.1) is 32.8 Å². The lowest BCUT2D eigenvalue weighted by molar-refractivity contribution is -0.763. The van der Waals surface area contributed by atoms with E-state index in [4.69, 9.17) is 14.2 Å². The molecule has 1 heterocycles. The highest BCUT2D eigenvalue weighted by atomic mass is 19.1. The molecule has 3 unspecified atom stereocenters. The van der Waals surface area contributed by atoms with Gasteiger partial charge >= 0.3 is 5.97 Å². The predicted octanol–water partition coefficient (Wildman–Crippen LogP) is 3.99. The van der Waals surface area contributed by atoms with Crippen LogP contribution in [0.1, 0.15) is 69.3 Å². The Hall–Kier alpha value is -3.48. The first-order valence-corrected chi connectivity index (χ1v) is 14.8. The zero-order chi connectivity index (χ0) is 31.9. The molecule has 5 aliphatic rings. The summed E-state index contributed by atoms with van der Waals surface area (Å²) in [7, 11) is 0. The minimum absolute atomic E-state index is 0.0986. The van der Waals surface area contributed by atoms with Crippen molar-refractivity contribution in [3.8, 4) is 0 Å². The van der Waals surface area contributed by atoms with Crippen molar-refractivity contribution in [1.29, 1.82) is 0 Å². The van der Waals surface area contributed by atoms with Gasteiger partial charge in [0.1, 0.15) is 6.61 Å². The number of allylic oxidation sites excluding steroid dienone is 4. The number of hydrogen-bond acceptors (Lipinski definition) is 10. The molecule has 8 atom stereocenters. The summed E-state index contributed by atoms with van der Waals surface area (Å²) < 4.78 is 35.7. The number of rotatable bonds is 7. The van der Waals surface area contributed by atoms with Crippen molar-refractivity contribution in [3.05, 3.63) is 69.3 Å². The highest BCUT2D eigenvalue weighted by molar-refractivity contribution is 6.01. The second-order valence-corrected chi connectivity index (χ2v) is 13.5. The number of ether oxygens (including phenoxy) is 3. The molecule has 0 radical (unpaired) electrons. The minimum atomic E-state index is -2.08. The van der Waals surface area contributed by atoms with Crippen LogP contribution >= 0.6 is 0 Å². The number of carbonyl (C=O) groups excluding carboxylic acids is 3. The molecular formula is C32H36FNO10. The summed E-state index contributed by atoms with van der Waals surface area (Å²) in [5.41, 5.74) is -4.67. The standard InChI is InChI=1S/C32H36FNO10/c1-28(2)43-26-14-23-22-10-9-20-13-21(35)11-12-29(20,3)31(22,33)24(36)15-30(23,4)32(26,44-28)25(37)17-41-27(38)19-7-5-18(6-8-19)16-42-34(39)40/h5-8,11-13,22-24,26,36H,9-10,14-17H2,1-4H3/t22-,23-,24?,26?,29-,30-,31?,32+/m0/s1. The SMILES string of the molecule is CC1(C)OC2C[C@H]3[C@@H]4CCC5=CC(=O)C=C[C@]5(C)C4(F)C(O)C[C@]3(C)[C@]2(C(=O)COC(=O)c2ccc(CO[N+](=O)[O-])cc2)O1. The molecule has 1 saturated heterocycles. The zero-order valence-corrected chi connectivity index (χ0v) is 25.0. The third-order valence-corrected chi connectivity index (χ3v) is 10.9. The molecule has 1 N–H and O–H groups in total. The van der Waals surface area contributed by atoms with Crippen LogP contribution < -0.4 is 0 Å². The number of alkyl halides is 1. The van der Waals surface area contributed by atoms with Crippen molar-refractivity contribution in [2.24, 2.45) is 22.7 Å². The van der Waals surface area contributed by atoms with E-state index >= 15 is 4.39 Å². The Bertz CT molecular complexity index is 1490. The molecule has 0 spiro atoms. The van der Waals surface area contributed by atoms with E-state index in [1.165, 1.54) is 36.4 Å². The van der Waals surface area contributed by atoms with Crippen molar-refractivity contribution in [2.75, 3.05) is 6.61 Å².